The molecular formula is C28H32N6O6S. The number of rotatable bonds is 10. The lowest BCUT2D eigenvalue weighted by Crippen LogP contribution is -2.28. The van der Waals surface area contributed by atoms with Crippen LogP contribution in [-0.4, -0.2) is 48.6 Å². The van der Waals surface area contributed by atoms with E-state index in [9.17, 15) is 18.6 Å². The van der Waals surface area contributed by atoms with Crippen LogP contribution in [0.15, 0.2) is 42.5 Å². The van der Waals surface area contributed by atoms with Crippen molar-refractivity contribution in [2.45, 2.75) is 53.0 Å². The maximum absolute atomic E-state index is 13.2. The van der Waals surface area contributed by atoms with E-state index in [1.807, 2.05) is 6.07 Å². The van der Waals surface area contributed by atoms with Crippen LogP contribution in [0, 0.1) is 0 Å². The summed E-state index contributed by atoms with van der Waals surface area (Å²) >= 11 is -2.16. The number of nitrogens with zero attached hydrogens (tertiary/aromatic N) is 3. The van der Waals surface area contributed by atoms with Gasteiger partial charge in [0.15, 0.2) is 23.0 Å². The number of ether oxygens (including phenoxy) is 1. The Balaban J connectivity index is 1.51. The van der Waals surface area contributed by atoms with Crippen molar-refractivity contribution in [3.63, 3.8) is 0 Å². The van der Waals surface area contributed by atoms with Crippen LogP contribution in [0.2, 0.25) is 0 Å². The molecule has 3 N–H and O–H groups in total. The van der Waals surface area contributed by atoms with Crippen molar-refractivity contribution in [2.24, 2.45) is 0 Å². The van der Waals surface area contributed by atoms with Gasteiger partial charge in [-0.3, -0.25) is 24.2 Å². The molecule has 4 aromatic rings. The lowest BCUT2D eigenvalue weighted by atomic mass is 9.93. The zero-order valence-electron chi connectivity index (χ0n) is 23.8. The van der Waals surface area contributed by atoms with Crippen LogP contribution in [0.5, 0.6) is 11.5 Å². The Morgan fingerprint density at radius 1 is 0.976 bits per heavy atom. The number of aromatic amines is 1. The van der Waals surface area contributed by atoms with Crippen LogP contribution < -0.4 is 19.0 Å². The average Bonchev–Trinajstić information content (AvgIpc) is 3.49. The van der Waals surface area contributed by atoms with E-state index in [2.05, 4.69) is 46.1 Å². The molecule has 0 saturated carbocycles. The third kappa shape index (κ3) is 6.62. The predicted octanol–water partition coefficient (Wildman–Crippen LogP) is 4.33. The van der Waals surface area contributed by atoms with Gasteiger partial charge in [-0.2, -0.15) is 4.21 Å². The highest BCUT2D eigenvalue weighted by molar-refractivity contribution is 7.82. The van der Waals surface area contributed by atoms with Gasteiger partial charge in [0.2, 0.25) is 0 Å². The average molecular weight is 581 g/mol. The zero-order chi connectivity index (χ0) is 30.1. The zero-order valence-corrected chi connectivity index (χ0v) is 24.6. The molecule has 0 saturated heterocycles. The van der Waals surface area contributed by atoms with Crippen LogP contribution in [0.1, 0.15) is 90.2 Å². The summed E-state index contributed by atoms with van der Waals surface area (Å²) in [7, 11) is 1.43. The summed E-state index contributed by atoms with van der Waals surface area (Å²) in [6.45, 7) is 10.7. The number of nitrogens with one attached hydrogen (secondary N) is 3. The molecule has 12 nitrogen and oxygen atoms in total. The molecule has 1 amide bonds. The summed E-state index contributed by atoms with van der Waals surface area (Å²) in [6, 6.07) is 10.3. The first kappa shape index (κ1) is 29.5. The Morgan fingerprint density at radius 3 is 2.22 bits per heavy atom. The van der Waals surface area contributed by atoms with Crippen LogP contribution in [0.4, 0.5) is 5.69 Å². The van der Waals surface area contributed by atoms with Crippen molar-refractivity contribution in [1.82, 2.24) is 25.1 Å². The third-order valence-electron chi connectivity index (χ3n) is 6.31. The van der Waals surface area contributed by atoms with E-state index in [0.717, 1.165) is 5.69 Å². The number of Topliss-reactive ketones (excluding diaryl/α,β-unsaturated/α-hetero) is 2. The number of H-pyrrole nitrogens is 1. The van der Waals surface area contributed by atoms with Crippen molar-refractivity contribution in [3.05, 3.63) is 70.7 Å². The second kappa shape index (κ2) is 11.5. The lowest BCUT2D eigenvalue weighted by Gasteiger charge is -2.16. The number of hydrogen-bond acceptors (Lipinski definition) is 8. The predicted molar refractivity (Wildman–Crippen MR) is 154 cm³/mol. The number of carbonyl (C=O) groups excluding carboxylic acids is 3. The maximum atomic E-state index is 13.2. The fourth-order valence-corrected chi connectivity index (χ4v) is 4.64. The molecule has 2 unspecified atom stereocenters. The number of ketones is 2. The van der Waals surface area contributed by atoms with E-state index in [1.165, 1.54) is 45.2 Å². The quantitative estimate of drug-likeness (QED) is 0.234. The minimum atomic E-state index is -2.16. The highest BCUT2D eigenvalue weighted by atomic mass is 32.2. The van der Waals surface area contributed by atoms with Crippen LogP contribution in [0.3, 0.4) is 0 Å². The van der Waals surface area contributed by atoms with E-state index in [0.29, 0.717) is 17.2 Å². The molecule has 0 radical (unpaired) electrons. The van der Waals surface area contributed by atoms with E-state index >= 15 is 0 Å². The van der Waals surface area contributed by atoms with Gasteiger partial charge in [-0.05, 0) is 57.2 Å². The lowest BCUT2D eigenvalue weighted by molar-refractivity contribution is 0.0936. The molecular weight excluding hydrogens is 548 g/mol. The van der Waals surface area contributed by atoms with Gasteiger partial charge in [-0.1, -0.05) is 20.8 Å². The summed E-state index contributed by atoms with van der Waals surface area (Å²) < 4.78 is 28.1. The highest BCUT2D eigenvalue weighted by Crippen LogP contribution is 2.28. The molecule has 0 bridgehead atoms. The molecule has 0 spiro atoms. The Labute approximate surface area is 239 Å². The molecule has 4 rings (SSSR count). The molecule has 41 heavy (non-hydrogen) atoms. The van der Waals surface area contributed by atoms with Gasteiger partial charge in [0.05, 0.1) is 18.8 Å². The van der Waals surface area contributed by atoms with Crippen molar-refractivity contribution in [1.29, 1.82) is 0 Å². The van der Waals surface area contributed by atoms with Gasteiger partial charge < -0.3 is 14.2 Å². The summed E-state index contributed by atoms with van der Waals surface area (Å²) in [5.74, 6) is -0.0479. The van der Waals surface area contributed by atoms with Gasteiger partial charge >= 0.3 is 11.3 Å². The first-order valence-corrected chi connectivity index (χ1v) is 13.8. The molecule has 2 heterocycles. The van der Waals surface area contributed by atoms with Gasteiger partial charge in [0.1, 0.15) is 11.5 Å². The Hall–Kier alpha value is -4.52. The van der Waals surface area contributed by atoms with Crippen LogP contribution >= 0.6 is 0 Å². The largest absolute Gasteiger partial charge is 0.495 e. The fraction of sp³-hybridized carbons (Fsp3) is 0.321. The summed E-state index contributed by atoms with van der Waals surface area (Å²) in [6.07, 6.45) is 0. The van der Waals surface area contributed by atoms with Gasteiger partial charge in [-0.15, -0.1) is 10.2 Å². The van der Waals surface area contributed by atoms with Crippen molar-refractivity contribution >= 4 is 40.1 Å². The number of hydrogen-bond donors (Lipinski definition) is 3. The molecule has 0 fully saturated rings. The number of methoxy groups -OCH3 is 1. The minimum Gasteiger partial charge on any atom is -0.495 e. The standard InChI is InChI=1S/C28H32N6O6S/c1-15(26-31-30-25-14-24(28(4,5)6)32-34(25)26)29-27(37)18-8-9-23(39-7)22(13-18)33-41(38)40-21-11-19(16(2)35)10-20(12-21)17(3)36/h8-15,32-33H,1-7H3,(H,29,37). The number of anilines is 1. The van der Waals surface area contributed by atoms with Crippen LogP contribution in [-0.2, 0) is 16.7 Å². The SMILES string of the molecule is COc1ccc(C(=O)NC(C)c2nnc3cc(C(C)(C)C)[nH]n23)cc1NS(=O)Oc1cc(C(C)=O)cc(C(C)=O)c1. The van der Waals surface area contributed by atoms with Crippen LogP contribution in [0.25, 0.3) is 5.65 Å². The van der Waals surface area contributed by atoms with Crippen molar-refractivity contribution in [3.8, 4) is 11.5 Å². The molecule has 0 aliphatic carbocycles. The molecule has 13 heteroatoms. The second-order valence-electron chi connectivity index (χ2n) is 10.6. The first-order chi connectivity index (χ1) is 19.3. The van der Waals surface area contributed by atoms with Gasteiger partial charge in [0, 0.05) is 33.9 Å². The first-order valence-electron chi connectivity index (χ1n) is 12.7. The van der Waals surface area contributed by atoms with E-state index in [-0.39, 0.29) is 45.1 Å². The number of carbonyl (C=O) groups is 3. The molecule has 0 aliphatic rings. The molecule has 0 aliphatic heterocycles. The second-order valence-corrected chi connectivity index (χ2v) is 11.4. The molecule has 216 valence electrons. The summed E-state index contributed by atoms with van der Waals surface area (Å²) in [4.78, 5) is 36.9. The van der Waals surface area contributed by atoms with E-state index in [4.69, 9.17) is 8.92 Å². The third-order valence-corrected chi connectivity index (χ3v) is 7.04. The molecule has 2 atom stereocenters. The fourth-order valence-electron chi connectivity index (χ4n) is 3.99. The van der Waals surface area contributed by atoms with Crippen molar-refractivity contribution in [2.75, 3.05) is 11.8 Å². The van der Waals surface area contributed by atoms with Crippen molar-refractivity contribution < 1.29 is 27.5 Å². The van der Waals surface area contributed by atoms with Gasteiger partial charge in [0.25, 0.3) is 5.91 Å². The summed E-state index contributed by atoms with van der Waals surface area (Å²) in [5, 5.41) is 14.6. The maximum Gasteiger partial charge on any atom is 0.316 e. The van der Waals surface area contributed by atoms with Gasteiger partial charge in [-0.25, -0.2) is 4.52 Å². The smallest absolute Gasteiger partial charge is 0.316 e. The number of aromatic nitrogens is 4. The highest BCUT2D eigenvalue weighted by Gasteiger charge is 2.23. The monoisotopic (exact) mass is 580 g/mol. The Bertz CT molecular complexity index is 1640. The topological polar surface area (TPSA) is 157 Å². The number of benzene rings is 2. The summed E-state index contributed by atoms with van der Waals surface area (Å²) in [5.41, 5.74) is 2.49. The Kier molecular flexibility index (Phi) is 8.29. The van der Waals surface area contributed by atoms with E-state index < -0.39 is 23.2 Å². The van der Waals surface area contributed by atoms with E-state index in [1.54, 1.807) is 23.6 Å². The molecule has 2 aromatic carbocycles. The normalized spacial score (nSPS) is 13.0. The minimum absolute atomic E-state index is 0.0639. The number of amides is 1. The number of fused-ring (bicyclic) bond motifs is 1. The molecule has 2 aromatic heterocycles. The Morgan fingerprint density at radius 2 is 1.63 bits per heavy atom.